The minimum Gasteiger partial charge on any atom is -0.303 e. The smallest absolute Gasteiger partial charge is 0.303 e. The molecule has 0 rings (SSSR count). The molecule has 7 heteroatoms. The summed E-state index contributed by atoms with van der Waals surface area (Å²) in [7, 11) is -4.64. The monoisotopic (exact) mass is 255 g/mol. The number of rotatable bonds is 0. The van der Waals surface area contributed by atoms with E-state index in [2.05, 4.69) is 0 Å². The molecule has 0 amide bonds. The standard InChI is InChI=1S/Nb.H3O4P.Zn/c;1-5(2,3)4;/h;(H3,1,2,3,4);. The van der Waals surface area contributed by atoms with E-state index in [0.717, 1.165) is 0 Å². The van der Waals surface area contributed by atoms with Crippen molar-refractivity contribution < 1.29 is 61.1 Å². The summed E-state index contributed by atoms with van der Waals surface area (Å²) in [5.74, 6) is 0. The van der Waals surface area contributed by atoms with Crippen molar-refractivity contribution in [2.45, 2.75) is 0 Å². The van der Waals surface area contributed by atoms with Crippen LogP contribution in [0.1, 0.15) is 0 Å². The molecule has 0 aromatic rings. The third kappa shape index (κ3) is 103. The maximum Gasteiger partial charge on any atom is 0.466 e. The van der Waals surface area contributed by atoms with E-state index in [4.69, 9.17) is 19.2 Å². The summed E-state index contributed by atoms with van der Waals surface area (Å²) in [6.07, 6.45) is 0. The average molecular weight is 256 g/mol. The maximum atomic E-state index is 8.88. The fraction of sp³-hybridized carbons (Fsp3) is 0. The SMILES string of the molecule is O=P(O)(O)O.[Nb].[Zn]. The molecule has 0 bridgehead atoms. The molecule has 7 heavy (non-hydrogen) atoms. The predicted molar refractivity (Wildman–Crippen MR) is 14.3 cm³/mol. The van der Waals surface area contributed by atoms with Crippen LogP contribution in [0.3, 0.4) is 0 Å². The van der Waals surface area contributed by atoms with Crippen LogP contribution in [0, 0.1) is 0 Å². The molecule has 0 fully saturated rings. The summed E-state index contributed by atoms with van der Waals surface area (Å²) < 4.78 is 8.88. The molecule has 0 saturated carbocycles. The molecule has 0 atom stereocenters. The zero-order chi connectivity index (χ0) is 4.50. The summed E-state index contributed by atoms with van der Waals surface area (Å²) in [4.78, 5) is 21.6. The predicted octanol–water partition coefficient (Wildman–Crippen LogP) is -0.934. The zero-order valence-electron chi connectivity index (χ0n) is 3.35. The van der Waals surface area contributed by atoms with Crippen LogP contribution in [-0.2, 0) is 46.4 Å². The van der Waals surface area contributed by atoms with Gasteiger partial charge in [0.1, 0.15) is 0 Å². The van der Waals surface area contributed by atoms with Gasteiger partial charge in [0.05, 0.1) is 0 Å². The van der Waals surface area contributed by atoms with Gasteiger partial charge in [-0.3, -0.25) is 0 Å². The van der Waals surface area contributed by atoms with Crippen molar-refractivity contribution in [2.75, 3.05) is 0 Å². The van der Waals surface area contributed by atoms with Crippen molar-refractivity contribution in [2.24, 2.45) is 0 Å². The zero-order valence-corrected chi connectivity index (χ0v) is 9.41. The number of hydrogen-bond donors (Lipinski definition) is 3. The first-order valence-corrected chi connectivity index (χ1v) is 2.35. The molecule has 39 valence electrons. The van der Waals surface area contributed by atoms with Crippen LogP contribution in [0.4, 0.5) is 0 Å². The molecule has 0 aliphatic carbocycles. The largest absolute Gasteiger partial charge is 0.466 e. The van der Waals surface area contributed by atoms with Gasteiger partial charge in [0.25, 0.3) is 0 Å². The molecule has 0 saturated heterocycles. The molecule has 0 aliphatic heterocycles. The molecule has 1 radical (unpaired) electrons. The van der Waals surface area contributed by atoms with Crippen molar-refractivity contribution in [3.05, 3.63) is 0 Å². The van der Waals surface area contributed by atoms with Gasteiger partial charge in [-0.15, -0.1) is 0 Å². The van der Waals surface area contributed by atoms with E-state index < -0.39 is 7.82 Å². The van der Waals surface area contributed by atoms with Gasteiger partial charge in [-0.2, -0.15) is 0 Å². The Morgan fingerprint density at radius 3 is 1.14 bits per heavy atom. The van der Waals surface area contributed by atoms with Crippen molar-refractivity contribution in [1.29, 1.82) is 0 Å². The number of phosphoric acid groups is 1. The Bertz CT molecular complexity index is 57.8. The summed E-state index contributed by atoms with van der Waals surface area (Å²) in [5, 5.41) is 0. The molecular weight excluding hydrogens is 253 g/mol. The van der Waals surface area contributed by atoms with Crippen LogP contribution < -0.4 is 0 Å². The second kappa shape index (κ2) is 5.61. The van der Waals surface area contributed by atoms with Crippen molar-refractivity contribution in [3.63, 3.8) is 0 Å². The topological polar surface area (TPSA) is 77.8 Å². The summed E-state index contributed by atoms with van der Waals surface area (Å²) in [6, 6.07) is 0. The Hall–Kier alpha value is 1.47. The molecule has 4 nitrogen and oxygen atoms in total. The van der Waals surface area contributed by atoms with E-state index in [0.29, 0.717) is 0 Å². The Labute approximate surface area is 68.8 Å². The van der Waals surface area contributed by atoms with Crippen LogP contribution in [-0.4, -0.2) is 14.7 Å². The molecule has 0 heterocycles. The quantitative estimate of drug-likeness (QED) is 0.386. The fourth-order valence-corrected chi connectivity index (χ4v) is 0. The summed E-state index contributed by atoms with van der Waals surface area (Å²) in [5.41, 5.74) is 0. The number of hydrogen-bond acceptors (Lipinski definition) is 1. The first-order chi connectivity index (χ1) is 2.00. The molecule has 0 aromatic heterocycles. The van der Waals surface area contributed by atoms with Gasteiger partial charge in [-0.25, -0.2) is 4.57 Å². The van der Waals surface area contributed by atoms with Crippen molar-refractivity contribution >= 4 is 7.82 Å². The van der Waals surface area contributed by atoms with Crippen LogP contribution in [0.25, 0.3) is 0 Å². The van der Waals surface area contributed by atoms with Crippen LogP contribution in [0.5, 0.6) is 0 Å². The van der Waals surface area contributed by atoms with Crippen molar-refractivity contribution in [1.82, 2.24) is 0 Å². The summed E-state index contributed by atoms with van der Waals surface area (Å²) >= 11 is 0. The van der Waals surface area contributed by atoms with Gasteiger partial charge >= 0.3 is 7.82 Å². The minimum absolute atomic E-state index is 0. The second-order valence-electron chi connectivity index (χ2n) is 0.513. The summed E-state index contributed by atoms with van der Waals surface area (Å²) in [6.45, 7) is 0. The Kier molecular flexibility index (Phi) is 12.7. The van der Waals surface area contributed by atoms with E-state index in [-0.39, 0.29) is 41.9 Å². The van der Waals surface area contributed by atoms with E-state index in [1.165, 1.54) is 0 Å². The van der Waals surface area contributed by atoms with Gasteiger partial charge in [0.15, 0.2) is 0 Å². The third-order valence-electron chi connectivity index (χ3n) is 0. The first-order valence-electron chi connectivity index (χ1n) is 0.783. The molecule has 3 N–H and O–H groups in total. The van der Waals surface area contributed by atoms with Gasteiger partial charge in [-0.1, -0.05) is 0 Å². The van der Waals surface area contributed by atoms with Crippen LogP contribution in [0.2, 0.25) is 0 Å². The van der Waals surface area contributed by atoms with Gasteiger partial charge in [0, 0.05) is 41.9 Å². The minimum atomic E-state index is -4.64. The van der Waals surface area contributed by atoms with Gasteiger partial charge < -0.3 is 14.7 Å². The molecular formula is H3NbO4PZn. The Morgan fingerprint density at radius 2 is 1.14 bits per heavy atom. The normalized spacial score (nSPS) is 8.43. The van der Waals surface area contributed by atoms with Gasteiger partial charge in [0.2, 0.25) is 0 Å². The van der Waals surface area contributed by atoms with E-state index in [9.17, 15) is 0 Å². The van der Waals surface area contributed by atoms with E-state index >= 15 is 0 Å². The molecule has 0 aliphatic rings. The van der Waals surface area contributed by atoms with Crippen LogP contribution in [0.15, 0.2) is 0 Å². The maximum absolute atomic E-state index is 8.88. The molecule has 0 unspecified atom stereocenters. The fourth-order valence-electron chi connectivity index (χ4n) is 0. The Balaban J connectivity index is -0.0000000800. The molecule has 0 aromatic carbocycles. The average Bonchev–Trinajstić information content (AvgIpc) is 0.722. The van der Waals surface area contributed by atoms with E-state index in [1.54, 1.807) is 0 Å². The first kappa shape index (κ1) is 15.8. The van der Waals surface area contributed by atoms with Gasteiger partial charge in [-0.05, 0) is 0 Å². The van der Waals surface area contributed by atoms with Crippen molar-refractivity contribution in [3.8, 4) is 0 Å². The molecule has 0 spiro atoms. The second-order valence-corrected chi connectivity index (χ2v) is 1.54. The Morgan fingerprint density at radius 1 is 1.14 bits per heavy atom. The third-order valence-corrected chi connectivity index (χ3v) is 0. The van der Waals surface area contributed by atoms with E-state index in [1.807, 2.05) is 0 Å². The van der Waals surface area contributed by atoms with Crippen LogP contribution >= 0.6 is 7.82 Å².